The molecule has 17 heavy (non-hydrogen) atoms. The Morgan fingerprint density at radius 1 is 1.00 bits per heavy atom. The van der Waals surface area contributed by atoms with Crippen LogP contribution in [0.25, 0.3) is 12.2 Å². The molecule has 0 aliphatic heterocycles. The molecule has 0 fully saturated rings. The van der Waals surface area contributed by atoms with Gasteiger partial charge in [0, 0.05) is 18.2 Å². The van der Waals surface area contributed by atoms with Gasteiger partial charge in [0.15, 0.2) is 6.20 Å². The van der Waals surface area contributed by atoms with Crippen LogP contribution in [0.15, 0.2) is 48.7 Å². The van der Waals surface area contributed by atoms with Gasteiger partial charge in [0.05, 0.1) is 0 Å². The van der Waals surface area contributed by atoms with Gasteiger partial charge in [0.1, 0.15) is 12.8 Å². The van der Waals surface area contributed by atoms with Crippen molar-refractivity contribution in [2.75, 3.05) is 0 Å². The molecule has 88 valence electrons. The third-order valence-electron chi connectivity index (χ3n) is 2.43. The third-order valence-corrected chi connectivity index (χ3v) is 2.43. The van der Waals surface area contributed by atoms with E-state index in [9.17, 15) is 0 Å². The lowest BCUT2D eigenvalue weighted by atomic mass is 10.2. The maximum Gasteiger partial charge on any atom is 0.204 e. The number of aromatic hydroxyl groups is 1. The Hall–Kier alpha value is -1.36. The van der Waals surface area contributed by atoms with Crippen LogP contribution in [0.3, 0.4) is 0 Å². The van der Waals surface area contributed by atoms with Crippen LogP contribution >= 0.6 is 24.0 Å². The second-order valence-corrected chi connectivity index (χ2v) is 3.66. The van der Waals surface area contributed by atoms with E-state index in [1.807, 2.05) is 49.7 Å². The van der Waals surface area contributed by atoms with E-state index >= 15 is 0 Å². The minimum atomic E-state index is 0. The molecule has 0 saturated carbocycles. The monoisotopic (exact) mass is 340 g/mol. The van der Waals surface area contributed by atoms with Gasteiger partial charge in [-0.15, -0.1) is 24.0 Å². The van der Waals surface area contributed by atoms with Crippen molar-refractivity contribution >= 4 is 36.1 Å². The van der Waals surface area contributed by atoms with E-state index in [2.05, 4.69) is 10.6 Å². The van der Waals surface area contributed by atoms with Crippen LogP contribution in [-0.2, 0) is 7.05 Å². The molecule has 1 aromatic heterocycles. The van der Waals surface area contributed by atoms with Crippen molar-refractivity contribution in [3.63, 3.8) is 0 Å². The number of phenols is 1. The molecule has 0 spiro atoms. The molecule has 3 heteroatoms. The summed E-state index contributed by atoms with van der Waals surface area (Å²) in [5.41, 5.74) is 2.21. The standard InChI is InChI=1S/C14H13NO.HI/c1-15-11-3-2-4-13(15)8-5-12-6-9-14(16)10-7-12;/h2-11H,1H3;1H/p+1. The summed E-state index contributed by atoms with van der Waals surface area (Å²) in [7, 11) is 2.01. The molecule has 1 N–H and O–H groups in total. The van der Waals surface area contributed by atoms with Gasteiger partial charge in [-0.05, 0) is 29.8 Å². The van der Waals surface area contributed by atoms with Crippen LogP contribution in [0.1, 0.15) is 11.3 Å². The summed E-state index contributed by atoms with van der Waals surface area (Å²) in [6, 6.07) is 13.2. The summed E-state index contributed by atoms with van der Waals surface area (Å²) in [6.45, 7) is 0. The van der Waals surface area contributed by atoms with Gasteiger partial charge in [-0.2, -0.15) is 0 Å². The highest BCUT2D eigenvalue weighted by atomic mass is 127. The maximum atomic E-state index is 9.16. The molecule has 0 bridgehead atoms. The van der Waals surface area contributed by atoms with Gasteiger partial charge in [0.25, 0.3) is 0 Å². The topological polar surface area (TPSA) is 24.1 Å². The summed E-state index contributed by atoms with van der Waals surface area (Å²) in [4.78, 5) is 0. The maximum absolute atomic E-state index is 9.16. The lowest BCUT2D eigenvalue weighted by Crippen LogP contribution is -2.30. The normalized spacial score (nSPS) is 10.2. The van der Waals surface area contributed by atoms with Crippen molar-refractivity contribution in [1.29, 1.82) is 0 Å². The molecule has 0 atom stereocenters. The van der Waals surface area contributed by atoms with Crippen molar-refractivity contribution in [2.45, 2.75) is 0 Å². The highest BCUT2D eigenvalue weighted by molar-refractivity contribution is 14.0. The summed E-state index contributed by atoms with van der Waals surface area (Å²) in [6.07, 6.45) is 6.08. The summed E-state index contributed by atoms with van der Waals surface area (Å²) in [5.74, 6) is 0.294. The quantitative estimate of drug-likeness (QED) is 0.660. The summed E-state index contributed by atoms with van der Waals surface area (Å²) < 4.78 is 2.05. The molecule has 0 saturated heterocycles. The van der Waals surface area contributed by atoms with Gasteiger partial charge >= 0.3 is 0 Å². The minimum absolute atomic E-state index is 0. The number of hydrogen-bond donors (Lipinski definition) is 1. The molecule has 0 unspecified atom stereocenters. The van der Waals surface area contributed by atoms with Crippen LogP contribution in [-0.4, -0.2) is 5.11 Å². The fourth-order valence-electron chi connectivity index (χ4n) is 1.48. The van der Waals surface area contributed by atoms with E-state index in [0.717, 1.165) is 11.3 Å². The molecule has 0 aliphatic carbocycles. The second-order valence-electron chi connectivity index (χ2n) is 3.66. The van der Waals surface area contributed by atoms with Gasteiger partial charge in [-0.1, -0.05) is 12.1 Å². The number of phenolic OH excluding ortho intramolecular Hbond substituents is 1. The lowest BCUT2D eigenvalue weighted by Gasteiger charge is -1.94. The molecular weight excluding hydrogens is 325 g/mol. The van der Waals surface area contributed by atoms with E-state index in [1.54, 1.807) is 12.1 Å². The summed E-state index contributed by atoms with van der Waals surface area (Å²) in [5, 5.41) is 9.16. The number of halogens is 1. The fourth-order valence-corrected chi connectivity index (χ4v) is 1.48. The van der Waals surface area contributed by atoms with Crippen molar-refractivity contribution in [1.82, 2.24) is 0 Å². The third kappa shape index (κ3) is 3.85. The van der Waals surface area contributed by atoms with Gasteiger partial charge in [-0.25, -0.2) is 4.57 Å². The highest BCUT2D eigenvalue weighted by Gasteiger charge is 1.98. The molecular formula is C14H15INO+. The van der Waals surface area contributed by atoms with E-state index < -0.39 is 0 Å². The molecule has 1 aromatic carbocycles. The first-order valence-electron chi connectivity index (χ1n) is 5.17. The molecule has 0 aliphatic rings. The van der Waals surface area contributed by atoms with Crippen LogP contribution in [0.5, 0.6) is 5.75 Å². The Morgan fingerprint density at radius 2 is 1.71 bits per heavy atom. The molecule has 2 aromatic rings. The molecule has 2 rings (SSSR count). The van der Waals surface area contributed by atoms with E-state index in [1.165, 1.54) is 0 Å². The predicted molar refractivity (Wildman–Crippen MR) is 80.1 cm³/mol. The Bertz CT molecular complexity index is 506. The van der Waals surface area contributed by atoms with Crippen LogP contribution in [0.4, 0.5) is 0 Å². The Labute approximate surface area is 118 Å². The number of aromatic nitrogens is 1. The second kappa shape index (κ2) is 6.39. The van der Waals surface area contributed by atoms with E-state index in [-0.39, 0.29) is 24.0 Å². The van der Waals surface area contributed by atoms with Crippen molar-refractivity contribution in [2.24, 2.45) is 7.05 Å². The Morgan fingerprint density at radius 3 is 2.35 bits per heavy atom. The number of hydrogen-bond acceptors (Lipinski definition) is 1. The van der Waals surface area contributed by atoms with Gasteiger partial charge < -0.3 is 5.11 Å². The molecule has 2 nitrogen and oxygen atoms in total. The fraction of sp³-hybridized carbons (Fsp3) is 0.0714. The van der Waals surface area contributed by atoms with Crippen LogP contribution in [0.2, 0.25) is 0 Å². The zero-order valence-electron chi connectivity index (χ0n) is 9.58. The largest absolute Gasteiger partial charge is 0.508 e. The average Bonchev–Trinajstić information content (AvgIpc) is 2.30. The average molecular weight is 340 g/mol. The van der Waals surface area contributed by atoms with Crippen molar-refractivity contribution < 1.29 is 9.67 Å². The minimum Gasteiger partial charge on any atom is -0.508 e. The van der Waals surface area contributed by atoms with Crippen molar-refractivity contribution in [3.05, 3.63) is 59.9 Å². The first kappa shape index (κ1) is 13.7. The molecule has 0 amide bonds. The van der Waals surface area contributed by atoms with E-state index in [0.29, 0.717) is 5.75 Å². The van der Waals surface area contributed by atoms with Gasteiger partial charge in [-0.3, -0.25) is 0 Å². The summed E-state index contributed by atoms with van der Waals surface area (Å²) >= 11 is 0. The van der Waals surface area contributed by atoms with Crippen LogP contribution in [0, 0.1) is 0 Å². The molecule has 0 radical (unpaired) electrons. The van der Waals surface area contributed by atoms with E-state index in [4.69, 9.17) is 5.11 Å². The molecule has 1 heterocycles. The zero-order valence-corrected chi connectivity index (χ0v) is 11.9. The lowest BCUT2D eigenvalue weighted by molar-refractivity contribution is -0.673. The smallest absolute Gasteiger partial charge is 0.204 e. The number of rotatable bonds is 2. The van der Waals surface area contributed by atoms with Crippen molar-refractivity contribution in [3.8, 4) is 5.75 Å². The zero-order chi connectivity index (χ0) is 11.4. The first-order chi connectivity index (χ1) is 7.75. The SMILES string of the molecule is C[n+]1ccccc1/C=C/c1ccc(O)cc1.I. The number of pyridine rings is 1. The first-order valence-corrected chi connectivity index (χ1v) is 5.17. The number of nitrogens with zero attached hydrogens (tertiary/aromatic N) is 1. The Balaban J connectivity index is 0.00000144. The Kier molecular flexibility index (Phi) is 5.15. The van der Waals surface area contributed by atoms with Crippen LogP contribution < -0.4 is 4.57 Å². The highest BCUT2D eigenvalue weighted by Crippen LogP contribution is 2.11. The van der Waals surface area contributed by atoms with Gasteiger partial charge in [0.2, 0.25) is 5.69 Å². The predicted octanol–water partition coefficient (Wildman–Crippen LogP) is 3.01. The number of aryl methyl sites for hydroxylation is 1. The number of benzene rings is 1.